The summed E-state index contributed by atoms with van der Waals surface area (Å²) in [4.78, 5) is 4.32. The lowest BCUT2D eigenvalue weighted by Crippen LogP contribution is -2.15. The van der Waals surface area contributed by atoms with Crippen LogP contribution in [0.25, 0.3) is 0 Å². The molecule has 0 saturated carbocycles. The number of alkyl halides is 1. The number of halogens is 2. The lowest BCUT2D eigenvalue weighted by atomic mass is 9.97. The zero-order valence-corrected chi connectivity index (χ0v) is 13.2. The summed E-state index contributed by atoms with van der Waals surface area (Å²) in [6, 6.07) is 8.28. The van der Waals surface area contributed by atoms with E-state index < -0.39 is 0 Å². The molecule has 1 aromatic heterocycles. The summed E-state index contributed by atoms with van der Waals surface area (Å²) >= 11 is 9.69. The fourth-order valence-electron chi connectivity index (χ4n) is 2.12. The third-order valence-corrected chi connectivity index (χ3v) is 4.36. The Labute approximate surface area is 127 Å². The van der Waals surface area contributed by atoms with Crippen molar-refractivity contribution in [2.24, 2.45) is 5.92 Å². The maximum atomic E-state index is 6.11. The predicted molar refractivity (Wildman–Crippen MR) is 81.5 cm³/mol. The van der Waals surface area contributed by atoms with Crippen molar-refractivity contribution in [3.63, 3.8) is 0 Å². The maximum absolute atomic E-state index is 6.11. The van der Waals surface area contributed by atoms with Gasteiger partial charge in [-0.2, -0.15) is 5.10 Å². The minimum Gasteiger partial charge on any atom is -0.250 e. The number of hydrogen-bond acceptors (Lipinski definition) is 2. The van der Waals surface area contributed by atoms with Gasteiger partial charge in [0.25, 0.3) is 0 Å². The van der Waals surface area contributed by atoms with E-state index in [0.717, 1.165) is 29.7 Å². The highest BCUT2D eigenvalue weighted by Gasteiger charge is 2.14. The number of rotatable bonds is 6. The normalized spacial score (nSPS) is 12.6. The summed E-state index contributed by atoms with van der Waals surface area (Å²) < 4.78 is 3.07. The van der Waals surface area contributed by atoms with E-state index in [0.29, 0.717) is 11.8 Å². The average molecular weight is 343 g/mol. The van der Waals surface area contributed by atoms with E-state index in [-0.39, 0.29) is 0 Å². The maximum Gasteiger partial charge on any atom is 0.138 e. The molecule has 0 saturated heterocycles. The second-order valence-corrected chi connectivity index (χ2v) is 5.67. The van der Waals surface area contributed by atoms with Crippen LogP contribution in [0.1, 0.15) is 18.3 Å². The third kappa shape index (κ3) is 3.80. The Balaban J connectivity index is 2.07. The fraction of sp³-hybridized carbons (Fsp3) is 0.429. The average Bonchev–Trinajstić information content (AvgIpc) is 2.87. The molecule has 1 atom stereocenters. The smallest absolute Gasteiger partial charge is 0.138 e. The first-order valence-corrected chi connectivity index (χ1v) is 7.73. The van der Waals surface area contributed by atoms with Crippen LogP contribution in [0, 0.1) is 5.92 Å². The van der Waals surface area contributed by atoms with Gasteiger partial charge in [-0.05, 0) is 30.9 Å². The Morgan fingerprint density at radius 1 is 1.32 bits per heavy atom. The molecule has 0 aliphatic carbocycles. The van der Waals surface area contributed by atoms with Crippen molar-refractivity contribution in [1.29, 1.82) is 0 Å². The van der Waals surface area contributed by atoms with Crippen LogP contribution in [0.3, 0.4) is 0 Å². The van der Waals surface area contributed by atoms with Crippen molar-refractivity contribution in [3.8, 4) is 0 Å². The molecule has 3 nitrogen and oxygen atoms in total. The SMILES string of the molecule is CCn1ncnc1CC(CCl)Cc1ccccc1Br. The molecule has 0 aliphatic heterocycles. The van der Waals surface area contributed by atoms with E-state index in [1.807, 2.05) is 10.7 Å². The van der Waals surface area contributed by atoms with Crippen molar-refractivity contribution in [2.45, 2.75) is 26.3 Å². The molecule has 0 radical (unpaired) electrons. The van der Waals surface area contributed by atoms with Crippen LogP contribution in [0.5, 0.6) is 0 Å². The monoisotopic (exact) mass is 341 g/mol. The first kappa shape index (κ1) is 14.5. The van der Waals surface area contributed by atoms with Crippen LogP contribution in [0.2, 0.25) is 0 Å². The van der Waals surface area contributed by atoms with Crippen molar-refractivity contribution < 1.29 is 0 Å². The molecule has 0 fully saturated rings. The van der Waals surface area contributed by atoms with Gasteiger partial charge in [0.2, 0.25) is 0 Å². The van der Waals surface area contributed by atoms with Gasteiger partial charge in [-0.1, -0.05) is 34.1 Å². The zero-order chi connectivity index (χ0) is 13.7. The van der Waals surface area contributed by atoms with E-state index in [9.17, 15) is 0 Å². The van der Waals surface area contributed by atoms with Gasteiger partial charge in [0.05, 0.1) is 0 Å². The van der Waals surface area contributed by atoms with Gasteiger partial charge < -0.3 is 0 Å². The molecule has 0 bridgehead atoms. The second-order valence-electron chi connectivity index (χ2n) is 4.51. The molecule has 102 valence electrons. The largest absolute Gasteiger partial charge is 0.250 e. The Morgan fingerprint density at radius 2 is 2.11 bits per heavy atom. The molecule has 0 amide bonds. The Bertz CT molecular complexity index is 527. The summed E-state index contributed by atoms with van der Waals surface area (Å²) in [5, 5.41) is 4.20. The number of aryl methyl sites for hydroxylation is 1. The molecule has 0 aliphatic rings. The van der Waals surface area contributed by atoms with E-state index in [2.05, 4.69) is 51.1 Å². The van der Waals surface area contributed by atoms with Gasteiger partial charge in [0.15, 0.2) is 0 Å². The molecular weight excluding hydrogens is 326 g/mol. The van der Waals surface area contributed by atoms with Crippen LogP contribution in [-0.4, -0.2) is 20.6 Å². The topological polar surface area (TPSA) is 30.7 Å². The van der Waals surface area contributed by atoms with Crippen LogP contribution < -0.4 is 0 Å². The fourth-order valence-corrected chi connectivity index (χ4v) is 2.79. The number of aromatic nitrogens is 3. The van der Waals surface area contributed by atoms with Gasteiger partial charge >= 0.3 is 0 Å². The summed E-state index contributed by atoms with van der Waals surface area (Å²) in [7, 11) is 0. The van der Waals surface area contributed by atoms with Crippen LogP contribution >= 0.6 is 27.5 Å². The molecule has 1 unspecified atom stereocenters. The molecular formula is C14H17BrClN3. The van der Waals surface area contributed by atoms with E-state index in [4.69, 9.17) is 11.6 Å². The predicted octanol–water partition coefficient (Wildman–Crippen LogP) is 3.70. The highest BCUT2D eigenvalue weighted by molar-refractivity contribution is 9.10. The van der Waals surface area contributed by atoms with E-state index in [1.54, 1.807) is 6.33 Å². The van der Waals surface area contributed by atoms with E-state index >= 15 is 0 Å². The van der Waals surface area contributed by atoms with Gasteiger partial charge in [-0.3, -0.25) is 4.68 Å². The summed E-state index contributed by atoms with van der Waals surface area (Å²) in [5.74, 6) is 2.01. The lowest BCUT2D eigenvalue weighted by Gasteiger charge is -2.14. The van der Waals surface area contributed by atoms with Gasteiger partial charge in [-0.25, -0.2) is 4.98 Å². The quantitative estimate of drug-likeness (QED) is 0.749. The molecule has 2 rings (SSSR count). The summed E-state index contributed by atoms with van der Waals surface area (Å²) in [6.07, 6.45) is 3.42. The molecule has 0 spiro atoms. The third-order valence-electron chi connectivity index (χ3n) is 3.15. The summed E-state index contributed by atoms with van der Waals surface area (Å²) in [6.45, 7) is 2.92. The van der Waals surface area contributed by atoms with Crippen molar-refractivity contribution >= 4 is 27.5 Å². The molecule has 2 aromatic rings. The first-order valence-electron chi connectivity index (χ1n) is 6.40. The standard InChI is InChI=1S/C14H17BrClN3/c1-2-19-14(17-10-18-19)8-11(9-16)7-12-5-3-4-6-13(12)15/h3-6,10-11H,2,7-9H2,1H3. The van der Waals surface area contributed by atoms with Crippen molar-refractivity contribution in [3.05, 3.63) is 46.5 Å². The second kappa shape index (κ2) is 7.06. The Hall–Kier alpha value is -0.870. The number of hydrogen-bond donors (Lipinski definition) is 0. The van der Waals surface area contributed by atoms with Crippen molar-refractivity contribution in [1.82, 2.24) is 14.8 Å². The zero-order valence-electron chi connectivity index (χ0n) is 10.9. The minimum atomic E-state index is 0.370. The van der Waals surface area contributed by atoms with Gasteiger partial charge in [0, 0.05) is 23.3 Å². The highest BCUT2D eigenvalue weighted by Crippen LogP contribution is 2.22. The van der Waals surface area contributed by atoms with Gasteiger partial charge in [-0.15, -0.1) is 11.6 Å². The molecule has 0 N–H and O–H groups in total. The van der Waals surface area contributed by atoms with Gasteiger partial charge in [0.1, 0.15) is 12.2 Å². The Kier molecular flexibility index (Phi) is 5.40. The number of benzene rings is 1. The minimum absolute atomic E-state index is 0.370. The van der Waals surface area contributed by atoms with Crippen LogP contribution in [-0.2, 0) is 19.4 Å². The van der Waals surface area contributed by atoms with Crippen LogP contribution in [0.15, 0.2) is 35.1 Å². The molecule has 19 heavy (non-hydrogen) atoms. The first-order chi connectivity index (χ1) is 9.24. The molecule has 5 heteroatoms. The number of nitrogens with zero attached hydrogens (tertiary/aromatic N) is 3. The van der Waals surface area contributed by atoms with Crippen molar-refractivity contribution in [2.75, 3.05) is 5.88 Å². The van der Waals surface area contributed by atoms with Crippen LogP contribution in [0.4, 0.5) is 0 Å². The highest BCUT2D eigenvalue weighted by atomic mass is 79.9. The molecule has 1 heterocycles. The lowest BCUT2D eigenvalue weighted by molar-refractivity contribution is 0.523. The summed E-state index contributed by atoms with van der Waals surface area (Å²) in [5.41, 5.74) is 1.29. The Morgan fingerprint density at radius 3 is 2.79 bits per heavy atom. The van der Waals surface area contributed by atoms with E-state index in [1.165, 1.54) is 5.56 Å². The molecule has 1 aromatic carbocycles.